The van der Waals surface area contributed by atoms with Gasteiger partial charge in [0.15, 0.2) is 0 Å². The summed E-state index contributed by atoms with van der Waals surface area (Å²) in [5.74, 6) is -1.11. The summed E-state index contributed by atoms with van der Waals surface area (Å²) in [6, 6.07) is 8.18. The van der Waals surface area contributed by atoms with Crippen LogP contribution in [-0.4, -0.2) is 5.11 Å². The smallest absolute Gasteiger partial charge is 0.141 e. The number of rotatable bonds is 3. The third kappa shape index (κ3) is 3.44. The van der Waals surface area contributed by atoms with Gasteiger partial charge in [-0.2, -0.15) is 0 Å². The van der Waals surface area contributed by atoms with Crippen LogP contribution in [0.5, 0.6) is 0 Å². The van der Waals surface area contributed by atoms with Gasteiger partial charge < -0.3 is 5.11 Å². The molecule has 0 aliphatic rings. The van der Waals surface area contributed by atoms with Gasteiger partial charge in [-0.1, -0.05) is 35.3 Å². The SMILES string of the molecule is OC(Cc1ccc(F)c(Cl)c1)c1ccc(Cl)cc1F. The molecule has 1 unspecified atom stereocenters. The summed E-state index contributed by atoms with van der Waals surface area (Å²) >= 11 is 11.3. The summed E-state index contributed by atoms with van der Waals surface area (Å²) in [4.78, 5) is 0. The van der Waals surface area contributed by atoms with Gasteiger partial charge in [-0.05, 0) is 29.8 Å². The molecule has 0 saturated carbocycles. The van der Waals surface area contributed by atoms with Crippen LogP contribution in [0.4, 0.5) is 8.78 Å². The van der Waals surface area contributed by atoms with E-state index in [2.05, 4.69) is 0 Å². The molecule has 1 atom stereocenters. The van der Waals surface area contributed by atoms with E-state index >= 15 is 0 Å². The standard InChI is InChI=1S/C14H10Cl2F2O/c15-9-2-3-10(13(18)7-9)14(19)6-8-1-4-12(17)11(16)5-8/h1-5,7,14,19H,6H2. The molecule has 0 saturated heterocycles. The fraction of sp³-hybridized carbons (Fsp3) is 0.143. The predicted molar refractivity (Wildman–Crippen MR) is 71.5 cm³/mol. The molecule has 0 radical (unpaired) electrons. The molecular formula is C14H10Cl2F2O. The Morgan fingerprint density at radius 3 is 2.37 bits per heavy atom. The van der Waals surface area contributed by atoms with Crippen molar-refractivity contribution >= 4 is 23.2 Å². The minimum absolute atomic E-state index is 0.0266. The van der Waals surface area contributed by atoms with Crippen molar-refractivity contribution < 1.29 is 13.9 Å². The topological polar surface area (TPSA) is 20.2 Å². The fourth-order valence-electron chi connectivity index (χ4n) is 1.77. The molecule has 0 aliphatic carbocycles. The quantitative estimate of drug-likeness (QED) is 0.882. The van der Waals surface area contributed by atoms with Gasteiger partial charge in [-0.25, -0.2) is 8.78 Å². The molecule has 100 valence electrons. The molecule has 1 N–H and O–H groups in total. The maximum Gasteiger partial charge on any atom is 0.141 e. The van der Waals surface area contributed by atoms with Crippen LogP contribution in [0.1, 0.15) is 17.2 Å². The van der Waals surface area contributed by atoms with E-state index in [0.717, 1.165) is 6.07 Å². The minimum Gasteiger partial charge on any atom is -0.388 e. The lowest BCUT2D eigenvalue weighted by molar-refractivity contribution is 0.173. The highest BCUT2D eigenvalue weighted by molar-refractivity contribution is 6.31. The average Bonchev–Trinajstić information content (AvgIpc) is 2.33. The van der Waals surface area contributed by atoms with Gasteiger partial charge in [-0.3, -0.25) is 0 Å². The lowest BCUT2D eigenvalue weighted by atomic mass is 10.0. The molecule has 1 nitrogen and oxygen atoms in total. The first kappa shape index (κ1) is 14.3. The Kier molecular flexibility index (Phi) is 4.40. The molecule has 0 spiro atoms. The Balaban J connectivity index is 2.20. The van der Waals surface area contributed by atoms with Gasteiger partial charge >= 0.3 is 0 Å². The van der Waals surface area contributed by atoms with Gasteiger partial charge in [0.2, 0.25) is 0 Å². The van der Waals surface area contributed by atoms with E-state index in [-0.39, 0.29) is 22.0 Å². The number of aliphatic hydroxyl groups excluding tert-OH is 1. The van der Waals surface area contributed by atoms with Crippen molar-refractivity contribution in [2.75, 3.05) is 0 Å². The Morgan fingerprint density at radius 2 is 1.74 bits per heavy atom. The van der Waals surface area contributed by atoms with Crippen molar-refractivity contribution in [3.05, 3.63) is 69.2 Å². The number of benzene rings is 2. The lowest BCUT2D eigenvalue weighted by Gasteiger charge is -2.12. The van der Waals surface area contributed by atoms with Crippen molar-refractivity contribution in [1.82, 2.24) is 0 Å². The second-order valence-electron chi connectivity index (χ2n) is 4.13. The van der Waals surface area contributed by atoms with Crippen LogP contribution in [0.15, 0.2) is 36.4 Å². The fourth-order valence-corrected chi connectivity index (χ4v) is 2.13. The molecule has 2 aromatic carbocycles. The molecule has 0 amide bonds. The summed E-state index contributed by atoms with van der Waals surface area (Å²) in [5, 5.41) is 10.2. The van der Waals surface area contributed by atoms with Crippen molar-refractivity contribution in [1.29, 1.82) is 0 Å². The number of halogens is 4. The van der Waals surface area contributed by atoms with Gasteiger partial charge in [0.1, 0.15) is 11.6 Å². The second kappa shape index (κ2) is 5.87. The molecule has 19 heavy (non-hydrogen) atoms. The van der Waals surface area contributed by atoms with Crippen molar-refractivity contribution in [3.8, 4) is 0 Å². The van der Waals surface area contributed by atoms with E-state index in [9.17, 15) is 13.9 Å². The summed E-state index contributed by atoms with van der Waals surface area (Å²) in [7, 11) is 0. The van der Waals surface area contributed by atoms with E-state index in [0.29, 0.717) is 5.56 Å². The first-order chi connectivity index (χ1) is 8.97. The van der Waals surface area contributed by atoms with Crippen LogP contribution in [0.2, 0.25) is 10.0 Å². The summed E-state index contributed by atoms with van der Waals surface area (Å²) in [6.45, 7) is 0. The highest BCUT2D eigenvalue weighted by Crippen LogP contribution is 2.25. The van der Waals surface area contributed by atoms with E-state index in [1.54, 1.807) is 0 Å². The first-order valence-corrected chi connectivity index (χ1v) is 6.30. The lowest BCUT2D eigenvalue weighted by Crippen LogP contribution is -2.04. The van der Waals surface area contributed by atoms with Crippen LogP contribution in [0, 0.1) is 11.6 Å². The van der Waals surface area contributed by atoms with Crippen molar-refractivity contribution in [2.45, 2.75) is 12.5 Å². The Hall–Kier alpha value is -1.16. The van der Waals surface area contributed by atoms with Crippen molar-refractivity contribution in [2.24, 2.45) is 0 Å². The highest BCUT2D eigenvalue weighted by atomic mass is 35.5. The van der Waals surface area contributed by atoms with Crippen LogP contribution in [0.3, 0.4) is 0 Å². The molecular weight excluding hydrogens is 293 g/mol. The van der Waals surface area contributed by atoms with Gasteiger partial charge in [0.05, 0.1) is 11.1 Å². The summed E-state index contributed by atoms with van der Waals surface area (Å²) < 4.78 is 26.6. The molecule has 5 heteroatoms. The highest BCUT2D eigenvalue weighted by Gasteiger charge is 2.14. The largest absolute Gasteiger partial charge is 0.388 e. The number of hydrogen-bond donors (Lipinski definition) is 1. The maximum absolute atomic E-state index is 13.6. The zero-order chi connectivity index (χ0) is 14.0. The zero-order valence-corrected chi connectivity index (χ0v) is 11.2. The van der Waals surface area contributed by atoms with E-state index in [4.69, 9.17) is 23.2 Å². The second-order valence-corrected chi connectivity index (χ2v) is 4.98. The van der Waals surface area contributed by atoms with E-state index in [1.807, 2.05) is 0 Å². The molecule has 0 aliphatic heterocycles. The molecule has 0 fully saturated rings. The Bertz CT molecular complexity index is 602. The monoisotopic (exact) mass is 302 g/mol. The van der Waals surface area contributed by atoms with Gasteiger partial charge in [0.25, 0.3) is 0 Å². The third-order valence-corrected chi connectivity index (χ3v) is 3.26. The van der Waals surface area contributed by atoms with E-state index in [1.165, 1.54) is 30.3 Å². The average molecular weight is 303 g/mol. The van der Waals surface area contributed by atoms with Crippen LogP contribution in [0.25, 0.3) is 0 Å². The Morgan fingerprint density at radius 1 is 1.00 bits per heavy atom. The predicted octanol–water partition coefficient (Wildman–Crippen LogP) is 4.55. The van der Waals surface area contributed by atoms with E-state index < -0.39 is 17.7 Å². The third-order valence-electron chi connectivity index (χ3n) is 2.73. The summed E-state index contributed by atoms with van der Waals surface area (Å²) in [5.41, 5.74) is 0.762. The summed E-state index contributed by atoms with van der Waals surface area (Å²) in [6.07, 6.45) is -0.905. The number of hydrogen-bond acceptors (Lipinski definition) is 1. The Labute approximate surface area is 119 Å². The molecule has 2 rings (SSSR count). The zero-order valence-electron chi connectivity index (χ0n) is 9.71. The van der Waals surface area contributed by atoms with Crippen LogP contribution >= 0.6 is 23.2 Å². The first-order valence-electron chi connectivity index (χ1n) is 5.54. The molecule has 2 aromatic rings. The van der Waals surface area contributed by atoms with Gasteiger partial charge in [0, 0.05) is 17.0 Å². The number of aliphatic hydroxyl groups is 1. The van der Waals surface area contributed by atoms with Crippen LogP contribution < -0.4 is 0 Å². The maximum atomic E-state index is 13.6. The van der Waals surface area contributed by atoms with Gasteiger partial charge in [-0.15, -0.1) is 0 Å². The molecule has 0 bridgehead atoms. The normalized spacial score (nSPS) is 12.5. The van der Waals surface area contributed by atoms with Crippen LogP contribution in [-0.2, 0) is 6.42 Å². The van der Waals surface area contributed by atoms with Crippen molar-refractivity contribution in [3.63, 3.8) is 0 Å². The molecule has 0 aromatic heterocycles. The molecule has 0 heterocycles. The minimum atomic E-state index is -1.04.